The molecule has 18 N–H and O–H groups in total. The Labute approximate surface area is 563 Å². The number of aliphatic carboxylic acids is 1. The standard InChI is InChI=1S/C63H101ClN12O20/c1-11-13-14-15-16-17-21-37(65)54(86)68-33(7)53(85)70-41(28-43(66)79)57(89)72-42(29-44(67)80)58(90)71-40(27-32(5)6)59(91)74-48(34(8)77)60(92)73-39(26-31(3)4)56(88)69-38(55(87)75-49(35(9)78)61(93)94)22-18-24-76-30-36-46(51(83)63(76)23-19-25-95-63)47(64)52(84)62(10,50(36)82)96-45(81)20-12-2/h30-35,37-42,48-49,51,77-78,83H,11-29,65H2,1-10H3,(H2,66,79)(H2,67,80)(H,68,86)(H,69,88)(H,70,85)(H,71,90)(H,72,89)(H,73,92)(H,74,91)(H,75,87)(H,93,94)/t33-,34+,35+,37-,38-,39+,40+,41-,42+,48-,49-,51-,62+,63+/m0/s1. The van der Waals surface area contributed by atoms with Crippen LogP contribution < -0.4 is 59.7 Å². The number of hydrogen-bond donors (Lipinski definition) is 15. The Morgan fingerprint density at radius 1 is 0.625 bits per heavy atom. The first-order chi connectivity index (χ1) is 44.9. The van der Waals surface area contributed by atoms with Crippen LogP contribution in [0.2, 0.25) is 0 Å². The Balaban J connectivity index is 1.91. The van der Waals surface area contributed by atoms with E-state index < -0.39 is 196 Å². The van der Waals surface area contributed by atoms with Crippen molar-refractivity contribution < 1.29 is 97.0 Å². The highest BCUT2D eigenvalue weighted by Gasteiger charge is 2.60. The van der Waals surface area contributed by atoms with Crippen molar-refractivity contribution in [2.45, 2.75) is 262 Å². The fourth-order valence-corrected chi connectivity index (χ4v) is 11.6. The molecule has 3 aliphatic rings. The average Bonchev–Trinajstić information content (AvgIpc) is 1.01. The minimum atomic E-state index is -2.40. The number of halogens is 1. The highest BCUT2D eigenvalue weighted by molar-refractivity contribution is 6.49. The van der Waals surface area contributed by atoms with Gasteiger partial charge in [0.1, 0.15) is 48.4 Å². The van der Waals surface area contributed by atoms with Gasteiger partial charge in [0.15, 0.2) is 11.8 Å². The maximum atomic E-state index is 14.5. The van der Waals surface area contributed by atoms with Gasteiger partial charge in [-0.3, -0.25) is 62.3 Å². The number of carboxylic acid groups (broad SMARTS) is 1. The zero-order valence-corrected chi connectivity index (χ0v) is 57.2. The number of esters is 1. The molecule has 540 valence electrons. The molecule has 0 saturated carbocycles. The Kier molecular flexibility index (Phi) is 33.0. The first-order valence-electron chi connectivity index (χ1n) is 32.7. The molecule has 96 heavy (non-hydrogen) atoms. The van der Waals surface area contributed by atoms with Crippen molar-refractivity contribution in [2.24, 2.45) is 29.0 Å². The van der Waals surface area contributed by atoms with Crippen LogP contribution in [-0.2, 0) is 76.6 Å². The topological polar surface area (TPSA) is 516 Å². The van der Waals surface area contributed by atoms with Gasteiger partial charge in [-0.15, -0.1) is 0 Å². The lowest BCUT2D eigenvalue weighted by atomic mass is 9.74. The third-order valence-electron chi connectivity index (χ3n) is 16.5. The summed E-state index contributed by atoms with van der Waals surface area (Å²) in [6.45, 7) is 14.9. The Morgan fingerprint density at radius 3 is 1.60 bits per heavy atom. The van der Waals surface area contributed by atoms with Gasteiger partial charge >= 0.3 is 11.9 Å². The lowest BCUT2D eigenvalue weighted by Gasteiger charge is -2.49. The number of nitrogens with two attached hydrogens (primary N) is 3. The van der Waals surface area contributed by atoms with Crippen molar-refractivity contribution in [1.29, 1.82) is 0 Å². The second-order valence-electron chi connectivity index (χ2n) is 25.8. The quantitative estimate of drug-likeness (QED) is 0.0183. The summed E-state index contributed by atoms with van der Waals surface area (Å²) in [6.07, 6.45) is 0.380. The second-order valence-corrected chi connectivity index (χ2v) is 26.2. The number of amides is 10. The van der Waals surface area contributed by atoms with Crippen molar-refractivity contribution >= 4 is 94.2 Å². The molecule has 3 rings (SSSR count). The zero-order chi connectivity index (χ0) is 72.7. The monoisotopic (exact) mass is 1380 g/mol. The minimum absolute atomic E-state index is 0.110. The van der Waals surface area contributed by atoms with Crippen LogP contribution in [-0.4, -0.2) is 205 Å². The molecule has 0 radical (unpaired) electrons. The first-order valence-corrected chi connectivity index (χ1v) is 33.1. The summed E-state index contributed by atoms with van der Waals surface area (Å²) in [4.78, 5) is 190. The summed E-state index contributed by atoms with van der Waals surface area (Å²) < 4.78 is 11.5. The molecule has 0 aromatic rings. The summed E-state index contributed by atoms with van der Waals surface area (Å²) in [5.74, 6) is -16.0. The minimum Gasteiger partial charge on any atom is -0.480 e. The van der Waals surface area contributed by atoms with Gasteiger partial charge < -0.3 is 94.5 Å². The average molecular weight is 1380 g/mol. The van der Waals surface area contributed by atoms with Crippen LogP contribution in [0.4, 0.5) is 0 Å². The first kappa shape index (κ1) is 82.6. The molecule has 32 nitrogen and oxygen atoms in total. The number of aliphatic hydroxyl groups is 3. The van der Waals surface area contributed by atoms with Crippen LogP contribution in [0.5, 0.6) is 0 Å². The highest BCUT2D eigenvalue weighted by Crippen LogP contribution is 2.48. The molecular weight excluding hydrogens is 1280 g/mol. The zero-order valence-electron chi connectivity index (χ0n) is 56.5. The van der Waals surface area contributed by atoms with Crippen molar-refractivity contribution in [3.05, 3.63) is 22.4 Å². The van der Waals surface area contributed by atoms with E-state index in [0.717, 1.165) is 52.9 Å². The number of carbonyl (C=O) groups excluding carboxylic acids is 13. The van der Waals surface area contributed by atoms with Crippen molar-refractivity contribution in [3.63, 3.8) is 0 Å². The summed E-state index contributed by atoms with van der Waals surface area (Å²) in [5, 5.41) is 61.7. The van der Waals surface area contributed by atoms with Crippen LogP contribution in [0, 0.1) is 11.8 Å². The number of rotatable bonds is 41. The molecule has 0 unspecified atom stereocenters. The van der Waals surface area contributed by atoms with E-state index in [9.17, 15) is 87.5 Å². The number of nitrogens with zero attached hydrogens (tertiary/aromatic N) is 1. The molecule has 1 spiro atoms. The summed E-state index contributed by atoms with van der Waals surface area (Å²) in [6, 6.07) is -14.5. The number of fused-ring (bicyclic) bond motifs is 1. The van der Waals surface area contributed by atoms with E-state index in [0.29, 0.717) is 25.7 Å². The molecule has 0 aromatic heterocycles. The molecule has 1 fully saturated rings. The third kappa shape index (κ3) is 23.6. The molecule has 10 amide bonds. The fourth-order valence-electron chi connectivity index (χ4n) is 11.2. The van der Waals surface area contributed by atoms with Gasteiger partial charge in [0.2, 0.25) is 76.2 Å². The van der Waals surface area contributed by atoms with E-state index >= 15 is 0 Å². The van der Waals surface area contributed by atoms with Crippen molar-refractivity contribution in [2.75, 3.05) is 13.2 Å². The maximum Gasteiger partial charge on any atom is 0.328 e. The number of carbonyl (C=O) groups is 14. The number of Topliss-reactive ketones (excluding diaryl/α,β-unsaturated/α-hetero) is 2. The molecule has 0 bridgehead atoms. The SMILES string of the molecule is CCCCCCCC[C@H](N)C(=O)N[C@@H](C)C(=O)N[C@@H](CC(N)=O)C(=O)N[C@H](CC(N)=O)C(=O)N[C@H](CC(C)C)C(=O)N[C@H](C(=O)N[C@H](CC(C)C)C(=O)N[C@@H](CCCN1C=C2C(=O)[C@@](C)(OC(=O)CCC)C(=O)C(Cl)=C2[C@H](O)[C@]12CCCO2)C(=O)N[C@H](C(=O)O)[C@@H](C)O)[C@@H](C)O. The Bertz CT molecular complexity index is 2900. The van der Waals surface area contributed by atoms with Gasteiger partial charge in [0, 0.05) is 43.3 Å². The van der Waals surface area contributed by atoms with Gasteiger partial charge in [-0.25, -0.2) is 4.79 Å². The number of unbranched alkanes of at least 4 members (excludes halogenated alkanes) is 5. The molecule has 33 heteroatoms. The Hall–Kier alpha value is -7.65. The molecule has 2 aliphatic heterocycles. The largest absolute Gasteiger partial charge is 0.480 e. The van der Waals surface area contributed by atoms with E-state index in [1.807, 2.05) is 0 Å². The lowest BCUT2D eigenvalue weighted by Crippen LogP contribution is -2.62. The number of nitrogens with one attached hydrogen (secondary N) is 8. The molecule has 0 aromatic carbocycles. The molecule has 14 atom stereocenters. The molecule has 1 aliphatic carbocycles. The van der Waals surface area contributed by atoms with Gasteiger partial charge in [-0.2, -0.15) is 0 Å². The summed E-state index contributed by atoms with van der Waals surface area (Å²) in [5.41, 5.74) is 12.4. The van der Waals surface area contributed by atoms with Gasteiger partial charge in [-0.05, 0) is 84.5 Å². The maximum absolute atomic E-state index is 14.5. The van der Waals surface area contributed by atoms with Gasteiger partial charge in [0.25, 0.3) is 0 Å². The predicted octanol–water partition coefficient (Wildman–Crippen LogP) is -1.75. The van der Waals surface area contributed by atoms with E-state index in [4.69, 9.17) is 38.3 Å². The third-order valence-corrected chi connectivity index (χ3v) is 16.8. The normalized spacial score (nSPS) is 21.1. The number of ketones is 2. The lowest BCUT2D eigenvalue weighted by molar-refractivity contribution is -0.174. The van der Waals surface area contributed by atoms with Crippen LogP contribution in [0.1, 0.15) is 178 Å². The second kappa shape index (κ2) is 38.3. The van der Waals surface area contributed by atoms with E-state index in [2.05, 4.69) is 49.5 Å². The summed E-state index contributed by atoms with van der Waals surface area (Å²) in [7, 11) is 0. The number of aliphatic hydroxyl groups excluding tert-OH is 3. The number of carboxylic acids is 1. The fraction of sp³-hybridized carbons (Fsp3) is 0.714. The van der Waals surface area contributed by atoms with E-state index in [1.54, 1.807) is 34.6 Å². The van der Waals surface area contributed by atoms with Crippen LogP contribution in [0.3, 0.4) is 0 Å². The number of primary amides is 2. The smallest absolute Gasteiger partial charge is 0.328 e. The Morgan fingerprint density at radius 2 is 1.10 bits per heavy atom. The van der Waals surface area contributed by atoms with E-state index in [1.165, 1.54) is 18.0 Å². The molecule has 1 saturated heterocycles. The van der Waals surface area contributed by atoms with Gasteiger partial charge in [0.05, 0.1) is 36.1 Å². The summed E-state index contributed by atoms with van der Waals surface area (Å²) >= 11 is 6.60. The predicted molar refractivity (Wildman–Crippen MR) is 345 cm³/mol. The van der Waals surface area contributed by atoms with Crippen LogP contribution in [0.25, 0.3) is 0 Å². The van der Waals surface area contributed by atoms with Crippen LogP contribution in [0.15, 0.2) is 22.4 Å². The molecule has 2 heterocycles. The van der Waals surface area contributed by atoms with Crippen molar-refractivity contribution in [1.82, 2.24) is 47.4 Å². The number of ether oxygens (including phenoxy) is 2. The van der Waals surface area contributed by atoms with Gasteiger partial charge in [-0.1, -0.05) is 91.7 Å². The molecular formula is C63H101ClN12O20. The van der Waals surface area contributed by atoms with Crippen LogP contribution >= 0.6 is 11.6 Å². The number of hydrogen-bond acceptors (Lipinski definition) is 21. The van der Waals surface area contributed by atoms with E-state index in [-0.39, 0.29) is 62.8 Å². The van der Waals surface area contributed by atoms with Crippen molar-refractivity contribution in [3.8, 4) is 0 Å². The highest BCUT2D eigenvalue weighted by atomic mass is 35.5.